The molecule has 1 aliphatic rings. The standard InChI is InChI=1S/C16H21Si/c1-16(2,3)17(14-10-6-4-7-11-14)15-12-8-5-9-13-15/h4-12,15H,13H2,1-3H3. The van der Waals surface area contributed by atoms with Gasteiger partial charge in [0, 0.05) is 0 Å². The molecular weight excluding hydrogens is 220 g/mol. The van der Waals surface area contributed by atoms with Crippen molar-refractivity contribution in [3.63, 3.8) is 0 Å². The summed E-state index contributed by atoms with van der Waals surface area (Å²) in [5.41, 5.74) is 0.729. The zero-order chi connectivity index (χ0) is 12.3. The first-order valence-electron chi connectivity index (χ1n) is 6.35. The second-order valence-corrected chi connectivity index (χ2v) is 9.33. The van der Waals surface area contributed by atoms with Crippen LogP contribution < -0.4 is 5.19 Å². The Kier molecular flexibility index (Phi) is 3.68. The number of hydrogen-bond acceptors (Lipinski definition) is 0. The minimum atomic E-state index is -0.576. The second kappa shape index (κ2) is 5.05. The first-order valence-corrected chi connectivity index (χ1v) is 7.93. The molecule has 17 heavy (non-hydrogen) atoms. The molecule has 0 bridgehead atoms. The molecule has 1 aliphatic carbocycles. The van der Waals surface area contributed by atoms with Crippen LogP contribution in [0.2, 0.25) is 10.6 Å². The van der Waals surface area contributed by atoms with E-state index in [1.54, 1.807) is 5.19 Å². The van der Waals surface area contributed by atoms with Crippen LogP contribution in [-0.2, 0) is 0 Å². The van der Waals surface area contributed by atoms with Crippen molar-refractivity contribution in [1.82, 2.24) is 0 Å². The van der Waals surface area contributed by atoms with Crippen LogP contribution in [0.3, 0.4) is 0 Å². The second-order valence-electron chi connectivity index (χ2n) is 5.68. The van der Waals surface area contributed by atoms with Gasteiger partial charge in [0.25, 0.3) is 0 Å². The van der Waals surface area contributed by atoms with Gasteiger partial charge in [0.15, 0.2) is 0 Å². The van der Waals surface area contributed by atoms with Gasteiger partial charge in [0.05, 0.1) is 8.80 Å². The van der Waals surface area contributed by atoms with E-state index < -0.39 is 8.80 Å². The number of benzene rings is 1. The number of rotatable bonds is 2. The van der Waals surface area contributed by atoms with Crippen molar-refractivity contribution in [2.75, 3.05) is 0 Å². The Labute approximate surface area is 107 Å². The molecule has 0 saturated heterocycles. The summed E-state index contributed by atoms with van der Waals surface area (Å²) in [6, 6.07) is 11.1. The summed E-state index contributed by atoms with van der Waals surface area (Å²) in [4.78, 5) is 0. The van der Waals surface area contributed by atoms with Crippen molar-refractivity contribution >= 4 is 14.0 Å². The van der Waals surface area contributed by atoms with Crippen LogP contribution >= 0.6 is 0 Å². The highest BCUT2D eigenvalue weighted by atomic mass is 28.3. The van der Waals surface area contributed by atoms with E-state index in [9.17, 15) is 0 Å². The van der Waals surface area contributed by atoms with Gasteiger partial charge in [-0.2, -0.15) is 0 Å². The van der Waals surface area contributed by atoms with E-state index in [0.29, 0.717) is 5.04 Å². The third-order valence-corrected chi connectivity index (χ3v) is 6.99. The van der Waals surface area contributed by atoms with Crippen molar-refractivity contribution in [2.45, 2.75) is 37.8 Å². The van der Waals surface area contributed by atoms with Crippen molar-refractivity contribution < 1.29 is 0 Å². The molecule has 0 N–H and O–H groups in total. The molecule has 1 unspecified atom stereocenters. The number of hydrogen-bond donors (Lipinski definition) is 0. The van der Waals surface area contributed by atoms with Gasteiger partial charge < -0.3 is 0 Å². The topological polar surface area (TPSA) is 0 Å². The zero-order valence-corrected chi connectivity index (χ0v) is 12.0. The maximum Gasteiger partial charge on any atom is 0.0988 e. The minimum absolute atomic E-state index is 0.395. The highest BCUT2D eigenvalue weighted by Crippen LogP contribution is 2.37. The normalized spacial score (nSPS) is 19.9. The highest BCUT2D eigenvalue weighted by Gasteiger charge is 2.34. The molecule has 0 aliphatic heterocycles. The Bertz CT molecular complexity index is 409. The fourth-order valence-electron chi connectivity index (χ4n) is 2.62. The summed E-state index contributed by atoms with van der Waals surface area (Å²) in [6.45, 7) is 7.17. The van der Waals surface area contributed by atoms with Crippen molar-refractivity contribution in [3.8, 4) is 0 Å². The summed E-state index contributed by atoms with van der Waals surface area (Å²) in [7, 11) is -0.576. The van der Waals surface area contributed by atoms with Gasteiger partial charge in [0.1, 0.15) is 0 Å². The molecule has 0 saturated carbocycles. The predicted octanol–water partition coefficient (Wildman–Crippen LogP) is 4.07. The lowest BCUT2D eigenvalue weighted by atomic mass is 10.2. The van der Waals surface area contributed by atoms with Crippen LogP contribution in [-0.4, -0.2) is 8.80 Å². The fourth-order valence-corrected chi connectivity index (χ4v) is 6.25. The molecule has 1 heteroatoms. The monoisotopic (exact) mass is 241 g/mol. The fraction of sp³-hybridized carbons (Fsp3) is 0.375. The van der Waals surface area contributed by atoms with Gasteiger partial charge in [-0.1, -0.05) is 80.6 Å². The number of allylic oxidation sites excluding steroid dienone is 4. The molecule has 1 radical (unpaired) electrons. The van der Waals surface area contributed by atoms with Gasteiger partial charge in [-0.25, -0.2) is 0 Å². The first-order chi connectivity index (χ1) is 8.09. The van der Waals surface area contributed by atoms with Gasteiger partial charge in [0.2, 0.25) is 0 Å². The van der Waals surface area contributed by atoms with E-state index in [1.807, 2.05) is 0 Å². The lowest BCUT2D eigenvalue weighted by Gasteiger charge is -2.35. The van der Waals surface area contributed by atoms with Crippen LogP contribution in [0.1, 0.15) is 27.2 Å². The highest BCUT2D eigenvalue weighted by molar-refractivity contribution is 6.77. The predicted molar refractivity (Wildman–Crippen MR) is 78.2 cm³/mol. The summed E-state index contributed by atoms with van der Waals surface area (Å²) in [6.07, 6.45) is 10.3. The maximum atomic E-state index is 2.41. The Hall–Kier alpha value is -1.08. The summed E-state index contributed by atoms with van der Waals surface area (Å²) < 4.78 is 0. The molecule has 0 aromatic heterocycles. The molecular formula is C16H21Si. The van der Waals surface area contributed by atoms with Crippen LogP contribution in [0.15, 0.2) is 54.6 Å². The van der Waals surface area contributed by atoms with E-state index in [1.165, 1.54) is 6.42 Å². The molecule has 89 valence electrons. The molecule has 1 aromatic rings. The van der Waals surface area contributed by atoms with E-state index in [-0.39, 0.29) is 0 Å². The lowest BCUT2D eigenvalue weighted by molar-refractivity contribution is 0.723. The van der Waals surface area contributed by atoms with Gasteiger partial charge in [-0.3, -0.25) is 0 Å². The smallest absolute Gasteiger partial charge is 0.0842 e. The minimum Gasteiger partial charge on any atom is -0.0842 e. The quantitative estimate of drug-likeness (QED) is 0.685. The Morgan fingerprint density at radius 1 is 1.06 bits per heavy atom. The van der Waals surface area contributed by atoms with Gasteiger partial charge >= 0.3 is 0 Å². The maximum absolute atomic E-state index is 2.41. The molecule has 0 nitrogen and oxygen atoms in total. The van der Waals surface area contributed by atoms with Crippen LogP contribution in [0.5, 0.6) is 0 Å². The van der Waals surface area contributed by atoms with E-state index >= 15 is 0 Å². The molecule has 1 atom stereocenters. The lowest BCUT2D eigenvalue weighted by Crippen LogP contribution is -2.42. The van der Waals surface area contributed by atoms with Crippen LogP contribution in [0.4, 0.5) is 0 Å². The molecule has 0 amide bonds. The average Bonchev–Trinajstić information content (AvgIpc) is 2.30. The first kappa shape index (κ1) is 12.4. The van der Waals surface area contributed by atoms with Gasteiger partial charge in [-0.15, -0.1) is 0 Å². The largest absolute Gasteiger partial charge is 0.0988 e. The Morgan fingerprint density at radius 2 is 1.76 bits per heavy atom. The molecule has 0 fully saturated rings. The van der Waals surface area contributed by atoms with Crippen LogP contribution in [0, 0.1) is 0 Å². The van der Waals surface area contributed by atoms with Crippen molar-refractivity contribution in [1.29, 1.82) is 0 Å². The average molecular weight is 241 g/mol. The molecule has 0 spiro atoms. The van der Waals surface area contributed by atoms with E-state index in [2.05, 4.69) is 75.4 Å². The summed E-state index contributed by atoms with van der Waals surface area (Å²) in [5, 5.41) is 1.96. The third kappa shape index (κ3) is 2.98. The molecule has 0 heterocycles. The van der Waals surface area contributed by atoms with Gasteiger partial charge in [-0.05, 0) is 17.0 Å². The zero-order valence-electron chi connectivity index (χ0n) is 11.0. The summed E-state index contributed by atoms with van der Waals surface area (Å²) >= 11 is 0. The Balaban J connectivity index is 2.33. The Morgan fingerprint density at radius 3 is 2.29 bits per heavy atom. The SMILES string of the molecule is CC(C)(C)[Si](c1ccccc1)C1C=CC=CC1. The van der Waals surface area contributed by atoms with Crippen molar-refractivity contribution in [2.24, 2.45) is 0 Å². The van der Waals surface area contributed by atoms with E-state index in [0.717, 1.165) is 5.54 Å². The molecule has 1 aromatic carbocycles. The van der Waals surface area contributed by atoms with Crippen molar-refractivity contribution in [3.05, 3.63) is 54.6 Å². The third-order valence-electron chi connectivity index (χ3n) is 3.24. The summed E-state index contributed by atoms with van der Waals surface area (Å²) in [5.74, 6) is 0. The molecule has 2 rings (SSSR count). The van der Waals surface area contributed by atoms with Crippen LogP contribution in [0.25, 0.3) is 0 Å². The van der Waals surface area contributed by atoms with E-state index in [4.69, 9.17) is 0 Å².